The van der Waals surface area contributed by atoms with E-state index < -0.39 is 65.8 Å². The lowest BCUT2D eigenvalue weighted by atomic mass is 9.89. The molecule has 4 aromatic carbocycles. The first kappa shape index (κ1) is 44.7. The number of nitrogens with zero attached hydrogens (tertiary/aromatic N) is 5. The first-order valence-corrected chi connectivity index (χ1v) is 21.4. The molecule has 0 bridgehead atoms. The van der Waals surface area contributed by atoms with E-state index >= 15 is 0 Å². The average Bonchev–Trinajstić information content (AvgIpc) is 3.15. The van der Waals surface area contributed by atoms with Crippen molar-refractivity contribution in [2.75, 3.05) is 38.7 Å². The van der Waals surface area contributed by atoms with Gasteiger partial charge >= 0.3 is 0 Å². The molecule has 4 amide bonds. The Morgan fingerprint density at radius 3 is 1.60 bits per heavy atom. The first-order valence-electron chi connectivity index (χ1n) is 17.7. The fourth-order valence-corrected chi connectivity index (χ4v) is 6.91. The summed E-state index contributed by atoms with van der Waals surface area (Å²) >= 11 is 0. The summed E-state index contributed by atoms with van der Waals surface area (Å²) in [5.41, 5.74) is 0.259. The maximum absolute atomic E-state index is 13.7. The van der Waals surface area contributed by atoms with Gasteiger partial charge in [0.25, 0.3) is 55.2 Å². The number of imide groups is 2. The zero-order chi connectivity index (χ0) is 44.4. The highest BCUT2D eigenvalue weighted by atomic mass is 32.2. The van der Waals surface area contributed by atoms with E-state index in [9.17, 15) is 56.2 Å². The van der Waals surface area contributed by atoms with Gasteiger partial charge in [-0.15, -0.1) is 0 Å². The van der Waals surface area contributed by atoms with Crippen molar-refractivity contribution in [3.63, 3.8) is 0 Å². The fourth-order valence-electron chi connectivity index (χ4n) is 6.91. The van der Waals surface area contributed by atoms with Crippen LogP contribution in [0.2, 0.25) is 0 Å². The van der Waals surface area contributed by atoms with E-state index in [1.165, 1.54) is 24.3 Å². The average molecular weight is 868 g/mol. The van der Waals surface area contributed by atoms with Crippen LogP contribution in [0.4, 0.5) is 11.4 Å². The van der Waals surface area contributed by atoms with Crippen molar-refractivity contribution in [3.8, 4) is 0 Å². The molecule has 0 radical (unpaired) electrons. The molecule has 2 aliphatic rings. The number of pyridine rings is 1. The van der Waals surface area contributed by atoms with Crippen LogP contribution >= 0.6 is 0 Å². The Bertz CT molecular complexity index is 2810. The molecule has 0 aliphatic carbocycles. The van der Waals surface area contributed by atoms with E-state index in [1.54, 1.807) is 56.6 Å². The van der Waals surface area contributed by atoms with Gasteiger partial charge in [-0.1, -0.05) is 12.1 Å². The van der Waals surface area contributed by atoms with Crippen LogP contribution in [0.1, 0.15) is 55.3 Å². The molecule has 7 rings (SSSR count). The Morgan fingerprint density at radius 2 is 1.10 bits per heavy atom. The Labute approximate surface area is 341 Å². The number of carbonyl (C=O) groups excluding carboxylic acids is 4. The van der Waals surface area contributed by atoms with Crippen molar-refractivity contribution in [1.82, 2.24) is 25.4 Å². The van der Waals surface area contributed by atoms with Gasteiger partial charge in [0.15, 0.2) is 0 Å². The zero-order valence-electron chi connectivity index (χ0n) is 32.2. The number of amides is 4. The number of hydrogen-bond acceptors (Lipinski definition) is 15. The largest absolute Gasteiger partial charge is 0.313 e. The number of hydrogen-bond donors (Lipinski definition) is 4. The Kier molecular flexibility index (Phi) is 13.0. The van der Waals surface area contributed by atoms with Crippen LogP contribution in [0.3, 0.4) is 0 Å². The monoisotopic (exact) mass is 867 g/mol. The summed E-state index contributed by atoms with van der Waals surface area (Å²) in [5, 5.41) is 32.6. The van der Waals surface area contributed by atoms with E-state index in [0.717, 1.165) is 9.80 Å². The van der Waals surface area contributed by atoms with Crippen LogP contribution in [-0.2, 0) is 20.2 Å². The number of rotatable bonds is 11. The summed E-state index contributed by atoms with van der Waals surface area (Å²) in [7, 11) is -7.33. The van der Waals surface area contributed by atoms with Crippen LogP contribution in [0.25, 0.3) is 32.3 Å². The van der Waals surface area contributed by atoms with Crippen LogP contribution < -0.4 is 10.6 Å². The summed E-state index contributed by atoms with van der Waals surface area (Å²) in [6.07, 6.45) is 4.55. The normalized spacial score (nSPS) is 14.7. The van der Waals surface area contributed by atoms with Crippen LogP contribution in [-0.4, -0.2) is 125 Å². The smallest absolute Gasteiger partial charge is 0.270 e. The summed E-state index contributed by atoms with van der Waals surface area (Å²) in [6.45, 7) is 4.68. The number of fused-ring (bicyclic) bond motifs is 2. The molecule has 0 fully saturated rings. The molecule has 2 aliphatic heterocycles. The third kappa shape index (κ3) is 9.90. The van der Waals surface area contributed by atoms with Gasteiger partial charge in [0.2, 0.25) is 0 Å². The summed E-state index contributed by atoms with van der Waals surface area (Å²) in [6, 6.07) is 12.2. The van der Waals surface area contributed by atoms with Crippen molar-refractivity contribution in [2.24, 2.45) is 0 Å². The molecular formula is C37H37N7O14S2. The second-order valence-electron chi connectivity index (χ2n) is 13.9. The molecule has 316 valence electrons. The minimum atomic E-state index is -3.67. The molecule has 0 saturated heterocycles. The highest BCUT2D eigenvalue weighted by Crippen LogP contribution is 2.39. The number of non-ortho nitro benzene ring substituents is 2. The van der Waals surface area contributed by atoms with Gasteiger partial charge in [0, 0.05) is 102 Å². The predicted octanol–water partition coefficient (Wildman–Crippen LogP) is 3.21. The minimum absolute atomic E-state index is 0.0762. The molecule has 5 aromatic rings. The van der Waals surface area contributed by atoms with Crippen molar-refractivity contribution in [2.45, 2.75) is 25.9 Å². The Hall–Kier alpha value is -6.37. The summed E-state index contributed by atoms with van der Waals surface area (Å²) < 4.78 is 51.7. The SMILES string of the molecule is CS(=O)(=O)O.CS(=O)(=O)O.C[C@H](CNCCNC[C@@H](C)N1C(=O)c2cc([N+](=O)[O-])cc3c2c(cc2ccncc23)C1=O)N1C(=O)c2cccc3cc([N+](=O)[O-])cc(c23)C1=O. The molecule has 3 heterocycles. The quantitative estimate of drug-likeness (QED) is 0.0370. The number of aromatic nitrogens is 1. The fraction of sp³-hybridized carbons (Fsp3) is 0.270. The Morgan fingerprint density at radius 1 is 0.650 bits per heavy atom. The lowest BCUT2D eigenvalue weighted by Crippen LogP contribution is -2.51. The number of carbonyl (C=O) groups is 4. The summed E-state index contributed by atoms with van der Waals surface area (Å²) in [5.74, 6) is -2.21. The molecule has 60 heavy (non-hydrogen) atoms. The minimum Gasteiger partial charge on any atom is -0.313 e. The predicted molar refractivity (Wildman–Crippen MR) is 217 cm³/mol. The van der Waals surface area contributed by atoms with Crippen LogP contribution in [0.5, 0.6) is 0 Å². The first-order chi connectivity index (χ1) is 28.0. The van der Waals surface area contributed by atoms with E-state index in [0.29, 0.717) is 63.5 Å². The lowest BCUT2D eigenvalue weighted by Gasteiger charge is -2.32. The van der Waals surface area contributed by atoms with E-state index in [1.807, 2.05) is 0 Å². The second kappa shape index (κ2) is 17.5. The Balaban J connectivity index is 0.000000613. The van der Waals surface area contributed by atoms with Gasteiger partial charge in [-0.2, -0.15) is 16.8 Å². The molecule has 4 N–H and O–H groups in total. The van der Waals surface area contributed by atoms with Gasteiger partial charge in [0.1, 0.15) is 0 Å². The third-order valence-corrected chi connectivity index (χ3v) is 9.26. The van der Waals surface area contributed by atoms with Gasteiger partial charge in [-0.05, 0) is 48.2 Å². The molecule has 21 nitrogen and oxygen atoms in total. The zero-order valence-corrected chi connectivity index (χ0v) is 33.8. The number of nitro groups is 2. The number of nitro benzene ring substituents is 2. The van der Waals surface area contributed by atoms with E-state index in [-0.39, 0.29) is 41.2 Å². The molecule has 0 saturated carbocycles. The standard InChI is InChI=1S/C35H29N7O8.2CH4O3S/c1-18(39-32(43)24-5-3-4-21-10-22(41(47)48)13-27(30(21)24)34(39)45)15-37-8-9-38-16-19(2)40-33(44)26-11-20-6-7-36-17-29(20)25-12-23(42(49)50)14-28(31(25)26)35(40)46;2*1-5(2,3)4/h3-7,10-14,17-19,37-38H,8-9,15-16H2,1-2H3;2*1H3,(H,2,3,4)/t18-,19-;;/m1../s1. The molecule has 0 unspecified atom stereocenters. The van der Waals surface area contributed by atoms with Crippen LogP contribution in [0.15, 0.2) is 67.0 Å². The van der Waals surface area contributed by atoms with Crippen molar-refractivity contribution >= 4 is 87.6 Å². The van der Waals surface area contributed by atoms with Gasteiger partial charge < -0.3 is 10.6 Å². The highest BCUT2D eigenvalue weighted by molar-refractivity contribution is 7.85. The van der Waals surface area contributed by atoms with E-state index in [4.69, 9.17) is 9.11 Å². The van der Waals surface area contributed by atoms with Crippen LogP contribution in [0, 0.1) is 20.2 Å². The molecule has 23 heteroatoms. The van der Waals surface area contributed by atoms with E-state index in [2.05, 4.69) is 15.6 Å². The third-order valence-electron chi connectivity index (χ3n) is 9.26. The lowest BCUT2D eigenvalue weighted by molar-refractivity contribution is -0.384. The van der Waals surface area contributed by atoms with Crippen molar-refractivity contribution in [3.05, 3.63) is 109 Å². The molecule has 1 aromatic heterocycles. The number of benzene rings is 4. The number of nitrogens with one attached hydrogen (secondary N) is 2. The molecule has 2 atom stereocenters. The summed E-state index contributed by atoms with van der Waals surface area (Å²) in [4.78, 5) is 82.7. The maximum atomic E-state index is 13.7. The van der Waals surface area contributed by atoms with Gasteiger partial charge in [-0.25, -0.2) is 0 Å². The van der Waals surface area contributed by atoms with Crippen molar-refractivity contribution < 1.29 is 55.0 Å². The van der Waals surface area contributed by atoms with Crippen molar-refractivity contribution in [1.29, 1.82) is 0 Å². The second-order valence-corrected chi connectivity index (χ2v) is 16.8. The molecule has 0 spiro atoms. The molecular weight excluding hydrogens is 831 g/mol. The maximum Gasteiger partial charge on any atom is 0.270 e. The topological polar surface area (TPSA) is 307 Å². The highest BCUT2D eigenvalue weighted by Gasteiger charge is 2.39. The van der Waals surface area contributed by atoms with Gasteiger partial charge in [0.05, 0.1) is 33.5 Å². The van der Waals surface area contributed by atoms with Gasteiger partial charge in [-0.3, -0.25) is 63.3 Å².